The first-order chi connectivity index (χ1) is 11.5. The van der Waals surface area contributed by atoms with Gasteiger partial charge in [-0.25, -0.2) is 0 Å². The maximum absolute atomic E-state index is 12.5. The average molecular weight is 340 g/mol. The summed E-state index contributed by atoms with van der Waals surface area (Å²) in [5.74, 6) is 0.545. The van der Waals surface area contributed by atoms with Gasteiger partial charge in [-0.05, 0) is 49.2 Å². The molecule has 0 fully saturated rings. The van der Waals surface area contributed by atoms with Gasteiger partial charge in [-0.1, -0.05) is 18.2 Å². The number of amides is 2. The molecule has 0 aliphatic carbocycles. The molecule has 24 heavy (non-hydrogen) atoms. The van der Waals surface area contributed by atoms with Gasteiger partial charge in [0, 0.05) is 22.8 Å². The predicted octanol–water partition coefficient (Wildman–Crippen LogP) is 3.77. The molecule has 2 amide bonds. The summed E-state index contributed by atoms with van der Waals surface area (Å²) < 4.78 is 0. The van der Waals surface area contributed by atoms with E-state index in [1.54, 1.807) is 16.7 Å². The van der Waals surface area contributed by atoms with E-state index in [-0.39, 0.29) is 18.4 Å². The summed E-state index contributed by atoms with van der Waals surface area (Å²) in [6.45, 7) is 4.02. The zero-order valence-electron chi connectivity index (χ0n) is 13.8. The van der Waals surface area contributed by atoms with Crippen LogP contribution < -0.4 is 10.2 Å². The van der Waals surface area contributed by atoms with Crippen LogP contribution in [-0.4, -0.2) is 24.1 Å². The molecule has 1 heterocycles. The Hall–Kier alpha value is -2.27. The Kier molecular flexibility index (Phi) is 4.90. The maximum atomic E-state index is 12.5. The molecular weight excluding hydrogens is 320 g/mol. The Balaban J connectivity index is 1.79. The third-order valence-corrected chi connectivity index (χ3v) is 4.90. The lowest BCUT2D eigenvalue weighted by Gasteiger charge is -2.22. The number of nitrogens with one attached hydrogen (secondary N) is 1. The number of carbonyl (C=O) groups is 2. The standard InChI is InChI=1S/C19H20N2O2S/c1-13-9-14(2)11-15(10-13)20-18(22)12-21-16-5-3-4-6-17(16)24-8-7-19(21)23/h3-6,9-11H,7-8,12H2,1-2H3,(H,20,22). The molecule has 3 rings (SSSR count). The lowest BCUT2D eigenvalue weighted by atomic mass is 10.1. The molecule has 1 aliphatic heterocycles. The van der Waals surface area contributed by atoms with Crippen LogP contribution in [0.4, 0.5) is 11.4 Å². The van der Waals surface area contributed by atoms with Gasteiger partial charge >= 0.3 is 0 Å². The third kappa shape index (κ3) is 3.79. The second-order valence-electron chi connectivity index (χ2n) is 5.97. The molecule has 0 saturated carbocycles. The molecule has 5 heteroatoms. The van der Waals surface area contributed by atoms with Crippen molar-refractivity contribution in [3.63, 3.8) is 0 Å². The first kappa shape index (κ1) is 16.6. The van der Waals surface area contributed by atoms with Crippen LogP contribution in [0, 0.1) is 13.8 Å². The molecule has 1 aliphatic rings. The van der Waals surface area contributed by atoms with E-state index in [1.807, 2.05) is 50.2 Å². The molecule has 0 unspecified atom stereocenters. The number of fused-ring (bicyclic) bond motifs is 1. The van der Waals surface area contributed by atoms with Crippen LogP contribution in [0.3, 0.4) is 0 Å². The lowest BCUT2D eigenvalue weighted by molar-refractivity contribution is -0.121. The van der Waals surface area contributed by atoms with Crippen LogP contribution in [0.2, 0.25) is 0 Å². The van der Waals surface area contributed by atoms with Crippen molar-refractivity contribution in [3.8, 4) is 0 Å². The van der Waals surface area contributed by atoms with Gasteiger partial charge in [0.1, 0.15) is 6.54 Å². The summed E-state index contributed by atoms with van der Waals surface area (Å²) in [5, 5.41) is 2.90. The van der Waals surface area contributed by atoms with Crippen LogP contribution in [0.1, 0.15) is 17.5 Å². The fourth-order valence-electron chi connectivity index (χ4n) is 2.88. The SMILES string of the molecule is Cc1cc(C)cc(NC(=O)CN2C(=O)CCSc3ccccc32)c1. The van der Waals surface area contributed by atoms with Crippen LogP contribution in [-0.2, 0) is 9.59 Å². The van der Waals surface area contributed by atoms with E-state index in [2.05, 4.69) is 11.4 Å². The minimum Gasteiger partial charge on any atom is -0.325 e. The normalized spacial score (nSPS) is 14.1. The second-order valence-corrected chi connectivity index (χ2v) is 7.11. The number of aryl methyl sites for hydroxylation is 2. The van der Waals surface area contributed by atoms with Gasteiger partial charge < -0.3 is 10.2 Å². The Bertz CT molecular complexity index is 768. The van der Waals surface area contributed by atoms with Gasteiger partial charge in [-0.15, -0.1) is 11.8 Å². The number of anilines is 2. The quantitative estimate of drug-likeness (QED) is 0.925. The Morgan fingerprint density at radius 3 is 2.62 bits per heavy atom. The lowest BCUT2D eigenvalue weighted by Crippen LogP contribution is -2.37. The number of benzene rings is 2. The number of rotatable bonds is 3. The number of hydrogen-bond donors (Lipinski definition) is 1. The highest BCUT2D eigenvalue weighted by Crippen LogP contribution is 2.33. The van der Waals surface area contributed by atoms with Gasteiger partial charge in [0.05, 0.1) is 5.69 Å². The van der Waals surface area contributed by atoms with Crippen molar-refractivity contribution in [1.29, 1.82) is 0 Å². The van der Waals surface area contributed by atoms with E-state index < -0.39 is 0 Å². The number of thioether (sulfide) groups is 1. The van der Waals surface area contributed by atoms with Crippen molar-refractivity contribution in [2.24, 2.45) is 0 Å². The van der Waals surface area contributed by atoms with Crippen molar-refractivity contribution in [2.75, 3.05) is 22.5 Å². The van der Waals surface area contributed by atoms with Crippen LogP contribution in [0.15, 0.2) is 47.4 Å². The predicted molar refractivity (Wildman–Crippen MR) is 98.7 cm³/mol. The monoisotopic (exact) mass is 340 g/mol. The van der Waals surface area contributed by atoms with E-state index in [4.69, 9.17) is 0 Å². The number of hydrogen-bond acceptors (Lipinski definition) is 3. The van der Waals surface area contributed by atoms with E-state index >= 15 is 0 Å². The smallest absolute Gasteiger partial charge is 0.244 e. The summed E-state index contributed by atoms with van der Waals surface area (Å²) in [7, 11) is 0. The van der Waals surface area contributed by atoms with Crippen molar-refractivity contribution >= 4 is 35.0 Å². The number of para-hydroxylation sites is 1. The summed E-state index contributed by atoms with van der Waals surface area (Å²) in [4.78, 5) is 27.5. The topological polar surface area (TPSA) is 49.4 Å². The minimum atomic E-state index is -0.185. The Labute approximate surface area is 146 Å². The van der Waals surface area contributed by atoms with Crippen LogP contribution in [0.5, 0.6) is 0 Å². The summed E-state index contributed by atoms with van der Waals surface area (Å²) >= 11 is 1.66. The molecule has 2 aromatic rings. The Morgan fingerprint density at radius 2 is 1.88 bits per heavy atom. The molecule has 4 nitrogen and oxygen atoms in total. The minimum absolute atomic E-state index is 0.0111. The van der Waals surface area contributed by atoms with Crippen LogP contribution >= 0.6 is 11.8 Å². The first-order valence-electron chi connectivity index (χ1n) is 7.93. The molecule has 0 spiro atoms. The molecule has 0 saturated heterocycles. The Morgan fingerprint density at radius 1 is 1.17 bits per heavy atom. The van der Waals surface area contributed by atoms with E-state index in [0.29, 0.717) is 6.42 Å². The molecule has 0 aromatic heterocycles. The summed E-state index contributed by atoms with van der Waals surface area (Å²) in [6, 6.07) is 13.7. The number of carbonyl (C=O) groups excluding carboxylic acids is 2. The molecule has 0 radical (unpaired) electrons. The molecule has 2 aromatic carbocycles. The third-order valence-electron chi connectivity index (χ3n) is 3.84. The average Bonchev–Trinajstić information content (AvgIpc) is 2.66. The van der Waals surface area contributed by atoms with Crippen molar-refractivity contribution in [3.05, 3.63) is 53.6 Å². The van der Waals surface area contributed by atoms with Crippen molar-refractivity contribution in [2.45, 2.75) is 25.2 Å². The fraction of sp³-hybridized carbons (Fsp3) is 0.263. The highest BCUT2D eigenvalue weighted by molar-refractivity contribution is 7.99. The molecular formula is C19H20N2O2S. The number of nitrogens with zero attached hydrogens (tertiary/aromatic N) is 1. The van der Waals surface area contributed by atoms with E-state index in [1.165, 1.54) is 0 Å². The van der Waals surface area contributed by atoms with Crippen molar-refractivity contribution < 1.29 is 9.59 Å². The van der Waals surface area contributed by atoms with Gasteiger partial charge in [0.15, 0.2) is 0 Å². The first-order valence-corrected chi connectivity index (χ1v) is 8.92. The van der Waals surface area contributed by atoms with E-state index in [0.717, 1.165) is 33.2 Å². The summed E-state index contributed by atoms with van der Waals surface area (Å²) in [6.07, 6.45) is 0.441. The van der Waals surface area contributed by atoms with Gasteiger partial charge in [-0.3, -0.25) is 9.59 Å². The second kappa shape index (κ2) is 7.09. The van der Waals surface area contributed by atoms with Gasteiger partial charge in [0.25, 0.3) is 0 Å². The molecule has 0 atom stereocenters. The highest BCUT2D eigenvalue weighted by atomic mass is 32.2. The highest BCUT2D eigenvalue weighted by Gasteiger charge is 2.24. The van der Waals surface area contributed by atoms with Crippen LogP contribution in [0.25, 0.3) is 0 Å². The van der Waals surface area contributed by atoms with E-state index in [9.17, 15) is 9.59 Å². The maximum Gasteiger partial charge on any atom is 0.244 e. The van der Waals surface area contributed by atoms with Gasteiger partial charge in [0.2, 0.25) is 11.8 Å². The molecule has 1 N–H and O–H groups in total. The van der Waals surface area contributed by atoms with Crippen molar-refractivity contribution in [1.82, 2.24) is 0 Å². The molecule has 124 valence electrons. The van der Waals surface area contributed by atoms with Gasteiger partial charge in [-0.2, -0.15) is 0 Å². The zero-order chi connectivity index (χ0) is 17.1. The zero-order valence-corrected chi connectivity index (χ0v) is 14.7. The largest absolute Gasteiger partial charge is 0.325 e. The summed E-state index contributed by atoms with van der Waals surface area (Å²) in [5.41, 5.74) is 3.78. The fourth-order valence-corrected chi connectivity index (χ4v) is 3.88. The molecule has 0 bridgehead atoms.